The summed E-state index contributed by atoms with van der Waals surface area (Å²) in [6, 6.07) is 8.72. The van der Waals surface area contributed by atoms with Crippen molar-refractivity contribution in [3.05, 3.63) is 64.4 Å². The lowest BCUT2D eigenvalue weighted by Gasteiger charge is -2.32. The van der Waals surface area contributed by atoms with Crippen molar-refractivity contribution >= 4 is 23.2 Å². The first-order chi connectivity index (χ1) is 16.0. The quantitative estimate of drug-likeness (QED) is 0.575. The predicted octanol–water partition coefficient (Wildman–Crippen LogP) is 3.26. The van der Waals surface area contributed by atoms with Crippen LogP contribution in [0.4, 0.5) is 0 Å². The number of imidazole rings is 1. The summed E-state index contributed by atoms with van der Waals surface area (Å²) in [4.78, 5) is 33.2. The van der Waals surface area contributed by atoms with E-state index >= 15 is 0 Å². The molecular weight excluding hydrogens is 440 g/mol. The summed E-state index contributed by atoms with van der Waals surface area (Å²) in [5.74, 6) is 1.54. The molecule has 1 aliphatic rings. The number of nitrogens with one attached hydrogen (secondary N) is 1. The third kappa shape index (κ3) is 5.03. The summed E-state index contributed by atoms with van der Waals surface area (Å²) in [6.07, 6.45) is 5.06. The van der Waals surface area contributed by atoms with Crippen molar-refractivity contribution in [3.8, 4) is 11.5 Å². The van der Waals surface area contributed by atoms with Crippen molar-refractivity contribution in [1.29, 1.82) is 0 Å². The molecule has 9 heteroatoms. The van der Waals surface area contributed by atoms with Crippen molar-refractivity contribution in [2.75, 3.05) is 27.3 Å². The number of ether oxygens (including phenoxy) is 2. The maximum Gasteiger partial charge on any atom is 0.263 e. The number of aryl methyl sites for hydroxylation is 1. The van der Waals surface area contributed by atoms with Crippen molar-refractivity contribution in [3.63, 3.8) is 0 Å². The lowest BCUT2D eigenvalue weighted by atomic mass is 9.95. The third-order valence-electron chi connectivity index (χ3n) is 5.92. The van der Waals surface area contributed by atoms with Crippen molar-refractivity contribution in [1.82, 2.24) is 19.8 Å². The maximum absolute atomic E-state index is 13.4. The highest BCUT2D eigenvalue weighted by atomic mass is 32.1. The number of methoxy groups -OCH3 is 2. The van der Waals surface area contributed by atoms with Crippen LogP contribution in [0.1, 0.15) is 39.9 Å². The summed E-state index contributed by atoms with van der Waals surface area (Å²) in [5.41, 5.74) is 0.802. The van der Waals surface area contributed by atoms with E-state index in [2.05, 4.69) is 10.3 Å². The number of rotatable bonds is 7. The number of hydrogen-bond acceptors (Lipinski definition) is 6. The van der Waals surface area contributed by atoms with E-state index in [1.165, 1.54) is 11.3 Å². The second kappa shape index (κ2) is 10.1. The number of carbonyl (C=O) groups is 2. The van der Waals surface area contributed by atoms with Crippen LogP contribution in [0, 0.1) is 5.92 Å². The van der Waals surface area contributed by atoms with E-state index in [1.807, 2.05) is 47.5 Å². The molecule has 2 aromatic heterocycles. The largest absolute Gasteiger partial charge is 0.497 e. The van der Waals surface area contributed by atoms with Crippen LogP contribution in [0.2, 0.25) is 0 Å². The van der Waals surface area contributed by atoms with E-state index in [0.717, 1.165) is 18.4 Å². The van der Waals surface area contributed by atoms with Gasteiger partial charge in [0.25, 0.3) is 5.91 Å². The van der Waals surface area contributed by atoms with Gasteiger partial charge in [-0.15, -0.1) is 11.3 Å². The second-order valence-corrected chi connectivity index (χ2v) is 9.00. The molecule has 0 radical (unpaired) electrons. The Kier molecular flexibility index (Phi) is 6.98. The molecule has 0 aliphatic carbocycles. The van der Waals surface area contributed by atoms with Crippen molar-refractivity contribution in [2.24, 2.45) is 13.0 Å². The molecule has 3 heterocycles. The molecule has 1 saturated heterocycles. The highest BCUT2D eigenvalue weighted by Gasteiger charge is 2.32. The molecule has 174 valence electrons. The number of aromatic nitrogens is 2. The van der Waals surface area contributed by atoms with Crippen LogP contribution < -0.4 is 14.8 Å². The molecule has 8 nitrogen and oxygen atoms in total. The van der Waals surface area contributed by atoms with Gasteiger partial charge in [-0.05, 0) is 42.0 Å². The number of amides is 2. The van der Waals surface area contributed by atoms with Gasteiger partial charge in [0.2, 0.25) is 5.91 Å². The van der Waals surface area contributed by atoms with Crippen LogP contribution in [0.25, 0.3) is 0 Å². The third-order valence-corrected chi connectivity index (χ3v) is 6.78. The maximum atomic E-state index is 13.4. The molecular formula is C24H28N4O4S. The first-order valence-electron chi connectivity index (χ1n) is 10.8. The Morgan fingerprint density at radius 1 is 1.21 bits per heavy atom. The van der Waals surface area contributed by atoms with Crippen molar-refractivity contribution in [2.45, 2.75) is 18.9 Å². The summed E-state index contributed by atoms with van der Waals surface area (Å²) < 4.78 is 12.7. The van der Waals surface area contributed by atoms with Crippen LogP contribution >= 0.6 is 11.3 Å². The average molecular weight is 469 g/mol. The highest BCUT2D eigenvalue weighted by Crippen LogP contribution is 2.30. The number of nitrogens with zero attached hydrogens (tertiary/aromatic N) is 3. The predicted molar refractivity (Wildman–Crippen MR) is 126 cm³/mol. The Bertz CT molecular complexity index is 1090. The van der Waals surface area contributed by atoms with E-state index in [0.29, 0.717) is 35.3 Å². The second-order valence-electron chi connectivity index (χ2n) is 8.05. The summed E-state index contributed by atoms with van der Waals surface area (Å²) in [5, 5.41) is 5.06. The molecule has 2 amide bonds. The topological polar surface area (TPSA) is 85.7 Å². The first-order valence-corrected chi connectivity index (χ1v) is 11.7. The van der Waals surface area contributed by atoms with Crippen molar-refractivity contribution < 1.29 is 19.1 Å². The Morgan fingerprint density at radius 3 is 2.58 bits per heavy atom. The molecule has 0 bridgehead atoms. The molecule has 1 aromatic carbocycles. The van der Waals surface area contributed by atoms with Gasteiger partial charge in [0, 0.05) is 38.6 Å². The highest BCUT2D eigenvalue weighted by molar-refractivity contribution is 7.12. The van der Waals surface area contributed by atoms with Gasteiger partial charge in [0.05, 0.1) is 25.0 Å². The van der Waals surface area contributed by atoms with Gasteiger partial charge >= 0.3 is 0 Å². The zero-order chi connectivity index (χ0) is 23.4. The molecule has 1 fully saturated rings. The monoisotopic (exact) mass is 468 g/mol. The Hall–Kier alpha value is -3.33. The standard InChI is InChI=1S/C24H28N4O4S/c1-27-10-8-25-22(27)21(17-12-18(31-2)14-19(13-17)32-3)26-23(29)16-6-4-9-28(15-16)24(30)20-7-5-11-33-20/h5,7-8,10-14,16,21H,4,6,9,15H2,1-3H3,(H,26,29). The van der Waals surface area contributed by atoms with E-state index in [4.69, 9.17) is 9.47 Å². The van der Waals surface area contributed by atoms with Gasteiger partial charge in [-0.3, -0.25) is 9.59 Å². The Labute approximate surface area is 197 Å². The van der Waals surface area contributed by atoms with Gasteiger partial charge < -0.3 is 24.3 Å². The summed E-state index contributed by atoms with van der Waals surface area (Å²) in [7, 11) is 5.07. The Balaban J connectivity index is 1.57. The van der Waals surface area contributed by atoms with Gasteiger partial charge in [-0.1, -0.05) is 6.07 Å². The van der Waals surface area contributed by atoms with Gasteiger partial charge in [-0.25, -0.2) is 4.98 Å². The molecule has 2 atom stereocenters. The van der Waals surface area contributed by atoms with E-state index in [1.54, 1.807) is 31.4 Å². The number of piperidine rings is 1. The van der Waals surface area contributed by atoms with E-state index < -0.39 is 6.04 Å². The van der Waals surface area contributed by atoms with Crippen LogP contribution in [-0.4, -0.2) is 53.6 Å². The molecule has 4 rings (SSSR count). The van der Waals surface area contributed by atoms with E-state index in [9.17, 15) is 9.59 Å². The normalized spacial score (nSPS) is 16.8. The molecule has 3 aromatic rings. The van der Waals surface area contributed by atoms with Gasteiger partial charge in [0.15, 0.2) is 0 Å². The van der Waals surface area contributed by atoms with Crippen LogP contribution in [-0.2, 0) is 11.8 Å². The van der Waals surface area contributed by atoms with Gasteiger partial charge in [0.1, 0.15) is 23.4 Å². The summed E-state index contributed by atoms with van der Waals surface area (Å²) in [6.45, 7) is 1.06. The number of hydrogen-bond donors (Lipinski definition) is 1. The van der Waals surface area contributed by atoms with Crippen LogP contribution in [0.15, 0.2) is 48.1 Å². The molecule has 1 aliphatic heterocycles. The number of thiophene rings is 1. The lowest BCUT2D eigenvalue weighted by Crippen LogP contribution is -2.46. The molecule has 33 heavy (non-hydrogen) atoms. The zero-order valence-corrected chi connectivity index (χ0v) is 19.8. The lowest BCUT2D eigenvalue weighted by molar-refractivity contribution is -0.126. The van der Waals surface area contributed by atoms with E-state index in [-0.39, 0.29) is 17.7 Å². The fraction of sp³-hybridized carbons (Fsp3) is 0.375. The van der Waals surface area contributed by atoms with Gasteiger partial charge in [-0.2, -0.15) is 0 Å². The summed E-state index contributed by atoms with van der Waals surface area (Å²) >= 11 is 1.42. The van der Waals surface area contributed by atoms with Crippen LogP contribution in [0.3, 0.4) is 0 Å². The number of likely N-dealkylation sites (tertiary alicyclic amines) is 1. The zero-order valence-electron chi connectivity index (χ0n) is 19.0. The minimum absolute atomic E-state index is 0.0133. The number of carbonyl (C=O) groups excluding carboxylic acids is 2. The van der Waals surface area contributed by atoms with Crippen LogP contribution in [0.5, 0.6) is 11.5 Å². The Morgan fingerprint density at radius 2 is 1.97 bits per heavy atom. The minimum atomic E-state index is -0.495. The smallest absolute Gasteiger partial charge is 0.263 e. The first kappa shape index (κ1) is 22.8. The molecule has 1 N–H and O–H groups in total. The fourth-order valence-corrected chi connectivity index (χ4v) is 4.83. The minimum Gasteiger partial charge on any atom is -0.497 e. The molecule has 0 spiro atoms. The number of benzene rings is 1. The SMILES string of the molecule is COc1cc(OC)cc(C(NC(=O)C2CCCN(C(=O)c3cccs3)C2)c2nccn2C)c1. The fourth-order valence-electron chi connectivity index (χ4n) is 4.14. The average Bonchev–Trinajstić information content (AvgIpc) is 3.53. The molecule has 0 saturated carbocycles. The molecule has 2 unspecified atom stereocenters.